The Balaban J connectivity index is 1.22. The third-order valence-corrected chi connectivity index (χ3v) is 5.66. The number of halogens is 2. The zero-order chi connectivity index (χ0) is 23.5. The van der Waals surface area contributed by atoms with Crippen molar-refractivity contribution in [2.45, 2.75) is 25.5 Å². The minimum absolute atomic E-state index is 0.120. The van der Waals surface area contributed by atoms with Crippen LogP contribution in [0.2, 0.25) is 0 Å². The maximum Gasteiger partial charge on any atom is 0.232 e. The molecule has 1 unspecified atom stereocenters. The van der Waals surface area contributed by atoms with Crippen molar-refractivity contribution in [2.75, 3.05) is 6.54 Å². The van der Waals surface area contributed by atoms with Gasteiger partial charge in [0.05, 0.1) is 5.92 Å². The molecule has 172 valence electrons. The molecule has 1 aromatic heterocycles. The number of benzene rings is 3. The average Bonchev–Trinajstić information content (AvgIpc) is 3.45. The van der Waals surface area contributed by atoms with E-state index in [0.717, 1.165) is 22.9 Å². The maximum atomic E-state index is 13.5. The van der Waals surface area contributed by atoms with Crippen LogP contribution < -0.4 is 4.74 Å². The fourth-order valence-electron chi connectivity index (χ4n) is 3.97. The van der Waals surface area contributed by atoms with E-state index >= 15 is 0 Å². The molecule has 4 aromatic rings. The fraction of sp³-hybridized carbons (Fsp3) is 0.192. The van der Waals surface area contributed by atoms with Gasteiger partial charge in [-0.15, -0.1) is 0 Å². The predicted octanol–water partition coefficient (Wildman–Crippen LogP) is 5.11. The summed E-state index contributed by atoms with van der Waals surface area (Å²) in [5, 5.41) is 4.06. The molecule has 3 aromatic carbocycles. The summed E-state index contributed by atoms with van der Waals surface area (Å²) in [6.45, 7) is 0.932. The Labute approximate surface area is 194 Å². The van der Waals surface area contributed by atoms with E-state index in [-0.39, 0.29) is 24.8 Å². The van der Waals surface area contributed by atoms with E-state index in [1.165, 1.54) is 12.1 Å². The first-order valence-corrected chi connectivity index (χ1v) is 10.9. The number of aromatic nitrogens is 2. The summed E-state index contributed by atoms with van der Waals surface area (Å²) in [6, 6.07) is 20.5. The number of hydrogen-bond acceptors (Lipinski definition) is 5. The second-order valence-corrected chi connectivity index (χ2v) is 8.21. The van der Waals surface area contributed by atoms with Gasteiger partial charge in [-0.1, -0.05) is 35.5 Å². The molecule has 5 rings (SSSR count). The number of amides is 1. The molecule has 1 atom stereocenters. The van der Waals surface area contributed by atoms with Crippen LogP contribution in [0.5, 0.6) is 5.75 Å². The lowest BCUT2D eigenvalue weighted by molar-refractivity contribution is -0.128. The standard InChI is InChI=1S/C26H21F2N3O3/c27-21-10-18(11-22(28)13-21)14-31-15-20(12-24(31)32)26-29-25(30-34-26)19-6-8-23(9-7-19)33-16-17-4-2-1-3-5-17/h1-11,13,20H,12,14-16H2. The van der Waals surface area contributed by atoms with Crippen molar-refractivity contribution in [3.05, 3.63) is 101 Å². The van der Waals surface area contributed by atoms with Crippen LogP contribution in [-0.2, 0) is 17.9 Å². The molecule has 34 heavy (non-hydrogen) atoms. The molecule has 0 bridgehead atoms. The van der Waals surface area contributed by atoms with Gasteiger partial charge in [0.25, 0.3) is 0 Å². The zero-order valence-electron chi connectivity index (χ0n) is 18.2. The molecule has 2 heterocycles. The normalized spacial score (nSPS) is 15.6. The summed E-state index contributed by atoms with van der Waals surface area (Å²) in [5.41, 5.74) is 2.24. The Morgan fingerprint density at radius 3 is 2.44 bits per heavy atom. The minimum Gasteiger partial charge on any atom is -0.489 e. The first kappa shape index (κ1) is 21.8. The van der Waals surface area contributed by atoms with Crippen LogP contribution in [0.15, 0.2) is 77.3 Å². The molecule has 8 heteroatoms. The van der Waals surface area contributed by atoms with Gasteiger partial charge >= 0.3 is 0 Å². The van der Waals surface area contributed by atoms with Gasteiger partial charge < -0.3 is 14.2 Å². The van der Waals surface area contributed by atoms with E-state index in [0.29, 0.717) is 30.4 Å². The molecule has 0 spiro atoms. The third kappa shape index (κ3) is 4.96. The monoisotopic (exact) mass is 461 g/mol. The van der Waals surface area contributed by atoms with E-state index in [2.05, 4.69) is 10.1 Å². The SMILES string of the molecule is O=C1CC(c2nc(-c3ccc(OCc4ccccc4)cc3)no2)CN1Cc1cc(F)cc(F)c1. The fourth-order valence-corrected chi connectivity index (χ4v) is 3.97. The Hall–Kier alpha value is -4.07. The van der Waals surface area contributed by atoms with Gasteiger partial charge in [0.1, 0.15) is 24.0 Å². The number of hydrogen-bond donors (Lipinski definition) is 0. The Bertz CT molecular complexity index is 1270. The van der Waals surface area contributed by atoms with Crippen molar-refractivity contribution < 1.29 is 22.8 Å². The highest BCUT2D eigenvalue weighted by Gasteiger charge is 2.34. The number of rotatable bonds is 7. The molecular weight excluding hydrogens is 440 g/mol. The van der Waals surface area contributed by atoms with Crippen LogP contribution in [0.3, 0.4) is 0 Å². The molecule has 1 saturated heterocycles. The number of likely N-dealkylation sites (tertiary alicyclic amines) is 1. The third-order valence-electron chi connectivity index (χ3n) is 5.66. The van der Waals surface area contributed by atoms with E-state index in [1.54, 1.807) is 4.90 Å². The summed E-state index contributed by atoms with van der Waals surface area (Å²) in [4.78, 5) is 18.5. The largest absolute Gasteiger partial charge is 0.489 e. The predicted molar refractivity (Wildman–Crippen MR) is 120 cm³/mol. The number of nitrogens with zero attached hydrogens (tertiary/aromatic N) is 3. The summed E-state index contributed by atoms with van der Waals surface area (Å²) >= 11 is 0. The summed E-state index contributed by atoms with van der Waals surface area (Å²) in [7, 11) is 0. The van der Waals surface area contributed by atoms with Crippen LogP contribution in [0.1, 0.15) is 29.4 Å². The van der Waals surface area contributed by atoms with Gasteiger partial charge in [0, 0.05) is 31.1 Å². The maximum absolute atomic E-state index is 13.5. The Morgan fingerprint density at radius 2 is 1.71 bits per heavy atom. The molecule has 0 N–H and O–H groups in total. The molecule has 1 aliphatic rings. The number of ether oxygens (including phenoxy) is 1. The topological polar surface area (TPSA) is 68.5 Å². The van der Waals surface area contributed by atoms with Gasteiger partial charge in [-0.05, 0) is 47.5 Å². The summed E-state index contributed by atoms with van der Waals surface area (Å²) < 4.78 is 38.2. The second-order valence-electron chi connectivity index (χ2n) is 8.21. The Morgan fingerprint density at radius 1 is 0.971 bits per heavy atom. The molecule has 1 aliphatic heterocycles. The Kier molecular flexibility index (Phi) is 6.03. The summed E-state index contributed by atoms with van der Waals surface area (Å²) in [5.74, 6) is -0.243. The minimum atomic E-state index is -0.670. The van der Waals surface area contributed by atoms with Crippen molar-refractivity contribution in [3.8, 4) is 17.1 Å². The van der Waals surface area contributed by atoms with Crippen LogP contribution >= 0.6 is 0 Å². The van der Waals surface area contributed by atoms with Crippen molar-refractivity contribution in [3.63, 3.8) is 0 Å². The van der Waals surface area contributed by atoms with Crippen LogP contribution in [-0.4, -0.2) is 27.5 Å². The van der Waals surface area contributed by atoms with E-state index in [9.17, 15) is 13.6 Å². The van der Waals surface area contributed by atoms with Crippen molar-refractivity contribution in [1.29, 1.82) is 0 Å². The van der Waals surface area contributed by atoms with Crippen LogP contribution in [0.4, 0.5) is 8.78 Å². The molecule has 0 saturated carbocycles. The molecule has 0 aliphatic carbocycles. The van der Waals surface area contributed by atoms with Gasteiger partial charge in [0.15, 0.2) is 0 Å². The quantitative estimate of drug-likeness (QED) is 0.383. The van der Waals surface area contributed by atoms with Crippen molar-refractivity contribution in [2.24, 2.45) is 0 Å². The van der Waals surface area contributed by atoms with E-state index in [1.807, 2.05) is 54.6 Å². The van der Waals surface area contributed by atoms with Gasteiger partial charge in [-0.2, -0.15) is 4.98 Å². The molecular formula is C26H21F2N3O3. The van der Waals surface area contributed by atoms with E-state index < -0.39 is 11.6 Å². The average molecular weight is 461 g/mol. The van der Waals surface area contributed by atoms with Crippen LogP contribution in [0.25, 0.3) is 11.4 Å². The number of carbonyl (C=O) groups excluding carboxylic acids is 1. The molecule has 0 radical (unpaired) electrons. The van der Waals surface area contributed by atoms with Gasteiger partial charge in [-0.3, -0.25) is 4.79 Å². The zero-order valence-corrected chi connectivity index (χ0v) is 18.2. The first-order chi connectivity index (χ1) is 16.5. The second kappa shape index (κ2) is 9.43. The molecule has 6 nitrogen and oxygen atoms in total. The van der Waals surface area contributed by atoms with E-state index in [4.69, 9.17) is 9.26 Å². The lowest BCUT2D eigenvalue weighted by atomic mass is 10.1. The molecule has 1 amide bonds. The van der Waals surface area contributed by atoms with Gasteiger partial charge in [0.2, 0.25) is 17.6 Å². The van der Waals surface area contributed by atoms with Crippen LogP contribution in [0, 0.1) is 11.6 Å². The lowest BCUT2D eigenvalue weighted by Gasteiger charge is -2.16. The lowest BCUT2D eigenvalue weighted by Crippen LogP contribution is -2.24. The van der Waals surface area contributed by atoms with Gasteiger partial charge in [-0.25, -0.2) is 8.78 Å². The highest BCUT2D eigenvalue weighted by atomic mass is 19.1. The highest BCUT2D eigenvalue weighted by molar-refractivity contribution is 5.79. The number of carbonyl (C=O) groups is 1. The smallest absolute Gasteiger partial charge is 0.232 e. The first-order valence-electron chi connectivity index (χ1n) is 10.9. The highest BCUT2D eigenvalue weighted by Crippen LogP contribution is 2.30. The van der Waals surface area contributed by atoms with Crippen molar-refractivity contribution in [1.82, 2.24) is 15.0 Å². The molecule has 1 fully saturated rings. The summed E-state index contributed by atoms with van der Waals surface area (Å²) in [6.07, 6.45) is 0.200. The van der Waals surface area contributed by atoms with Crippen molar-refractivity contribution >= 4 is 5.91 Å².